The minimum Gasteiger partial charge on any atom is -0.374 e. The minimum absolute atomic E-state index is 0.0463. The summed E-state index contributed by atoms with van der Waals surface area (Å²) in [5, 5.41) is 3.93. The molecule has 0 amide bonds. The Kier molecular flexibility index (Phi) is 6.78. The van der Waals surface area contributed by atoms with E-state index in [1.165, 1.54) is 18.2 Å². The average molecular weight is 520 g/mol. The zero-order valence-corrected chi connectivity index (χ0v) is 20.0. The van der Waals surface area contributed by atoms with Gasteiger partial charge in [-0.2, -0.15) is 13.2 Å². The lowest BCUT2D eigenvalue weighted by atomic mass is 9.86. The van der Waals surface area contributed by atoms with Crippen LogP contribution in [-0.2, 0) is 10.4 Å². The maximum atomic E-state index is 14.2. The number of carbonyl (C=O) groups excluding carboxylic acids is 1. The highest BCUT2D eigenvalue weighted by molar-refractivity contribution is 8.77. The fourth-order valence-corrected chi connectivity index (χ4v) is 7.28. The maximum absolute atomic E-state index is 14.2. The van der Waals surface area contributed by atoms with E-state index in [0.717, 1.165) is 11.5 Å². The molecule has 2 heterocycles. The van der Waals surface area contributed by atoms with E-state index < -0.39 is 18.2 Å². The standard InChI is InChI=1S/C22H18Cl2F3NO2S2/c1-12-4-14(2-3-18(12)20(29)5-13-10-31-32-11-13)19-9-21(30-28-19,22(25,26)27)15-6-16(23)8-17(24)7-15/h2-4,6-8,13H,5,9-11H2,1H3. The number of oxime groups is 1. The summed E-state index contributed by atoms with van der Waals surface area (Å²) >= 11 is 11.9. The van der Waals surface area contributed by atoms with Crippen LogP contribution in [0.15, 0.2) is 41.6 Å². The summed E-state index contributed by atoms with van der Waals surface area (Å²) in [6, 6.07) is 8.70. The van der Waals surface area contributed by atoms with Crippen LogP contribution in [-0.4, -0.2) is 29.2 Å². The largest absolute Gasteiger partial charge is 0.435 e. The predicted molar refractivity (Wildman–Crippen MR) is 125 cm³/mol. The molecule has 4 rings (SSSR count). The van der Waals surface area contributed by atoms with Gasteiger partial charge in [0.1, 0.15) is 0 Å². The molecule has 0 saturated carbocycles. The van der Waals surface area contributed by atoms with Gasteiger partial charge in [0.2, 0.25) is 0 Å². The van der Waals surface area contributed by atoms with Crippen molar-refractivity contribution in [2.75, 3.05) is 11.5 Å². The van der Waals surface area contributed by atoms with Crippen molar-refractivity contribution in [2.45, 2.75) is 31.5 Å². The number of hydrogen-bond acceptors (Lipinski definition) is 5. The van der Waals surface area contributed by atoms with Gasteiger partial charge in [0.15, 0.2) is 5.78 Å². The molecule has 1 saturated heterocycles. The van der Waals surface area contributed by atoms with Crippen molar-refractivity contribution in [3.8, 4) is 0 Å². The molecule has 1 unspecified atom stereocenters. The first-order valence-corrected chi connectivity index (χ1v) is 13.0. The van der Waals surface area contributed by atoms with Gasteiger partial charge in [-0.15, -0.1) is 0 Å². The van der Waals surface area contributed by atoms with Crippen LogP contribution < -0.4 is 0 Å². The van der Waals surface area contributed by atoms with Gasteiger partial charge < -0.3 is 4.84 Å². The number of rotatable bonds is 5. The summed E-state index contributed by atoms with van der Waals surface area (Å²) in [7, 11) is 3.54. The number of Topliss-reactive ketones (excluding diaryl/α,β-unsaturated/α-hetero) is 1. The second kappa shape index (κ2) is 9.12. The van der Waals surface area contributed by atoms with Crippen LogP contribution in [0.3, 0.4) is 0 Å². The molecule has 0 aliphatic carbocycles. The lowest BCUT2D eigenvalue weighted by Gasteiger charge is -2.29. The van der Waals surface area contributed by atoms with E-state index in [1.54, 1.807) is 46.7 Å². The van der Waals surface area contributed by atoms with Gasteiger partial charge in [0.05, 0.1) is 5.71 Å². The molecule has 0 N–H and O–H groups in total. The van der Waals surface area contributed by atoms with E-state index in [4.69, 9.17) is 28.0 Å². The normalized spacial score (nSPS) is 21.5. The first-order valence-electron chi connectivity index (χ1n) is 9.76. The summed E-state index contributed by atoms with van der Waals surface area (Å²) in [5.74, 6) is 2.30. The first-order chi connectivity index (χ1) is 15.1. The molecule has 2 aromatic rings. The van der Waals surface area contributed by atoms with Gasteiger partial charge in [0, 0.05) is 45.5 Å². The molecular weight excluding hydrogens is 502 g/mol. The Morgan fingerprint density at radius 3 is 2.41 bits per heavy atom. The van der Waals surface area contributed by atoms with Gasteiger partial charge in [-0.3, -0.25) is 4.79 Å². The summed E-state index contributed by atoms with van der Waals surface area (Å²) in [4.78, 5) is 17.7. The van der Waals surface area contributed by atoms with Crippen molar-refractivity contribution in [3.63, 3.8) is 0 Å². The number of aryl methyl sites for hydroxylation is 1. The fourth-order valence-electron chi connectivity index (χ4n) is 3.83. The van der Waals surface area contributed by atoms with Crippen molar-refractivity contribution < 1.29 is 22.8 Å². The molecule has 10 heteroatoms. The number of ketones is 1. The van der Waals surface area contributed by atoms with E-state index in [1.807, 2.05) is 0 Å². The molecule has 3 nitrogen and oxygen atoms in total. The molecule has 2 aliphatic rings. The van der Waals surface area contributed by atoms with Crippen molar-refractivity contribution in [2.24, 2.45) is 11.1 Å². The molecule has 170 valence electrons. The third-order valence-corrected chi connectivity index (χ3v) is 8.67. The quantitative estimate of drug-likeness (QED) is 0.303. The van der Waals surface area contributed by atoms with Crippen LogP contribution in [0.1, 0.15) is 39.9 Å². The highest BCUT2D eigenvalue weighted by Gasteiger charge is 2.62. The Hall–Kier alpha value is -1.35. The van der Waals surface area contributed by atoms with E-state index >= 15 is 0 Å². The molecule has 1 fully saturated rings. The molecular formula is C22H18Cl2F3NO2S2. The Bertz CT molecular complexity index is 1070. The molecule has 0 bridgehead atoms. The monoisotopic (exact) mass is 519 g/mol. The number of hydrogen-bond donors (Lipinski definition) is 0. The summed E-state index contributed by atoms with van der Waals surface area (Å²) in [6.45, 7) is 1.78. The van der Waals surface area contributed by atoms with Gasteiger partial charge >= 0.3 is 6.18 Å². The summed E-state index contributed by atoms with van der Waals surface area (Å²) < 4.78 is 42.5. The van der Waals surface area contributed by atoms with Crippen molar-refractivity contribution in [1.29, 1.82) is 0 Å². The van der Waals surface area contributed by atoms with E-state index in [2.05, 4.69) is 5.16 Å². The van der Waals surface area contributed by atoms with Crippen LogP contribution in [0, 0.1) is 12.8 Å². The third kappa shape index (κ3) is 4.65. The second-order valence-electron chi connectivity index (χ2n) is 7.88. The van der Waals surface area contributed by atoms with Crippen LogP contribution >= 0.6 is 44.8 Å². The van der Waals surface area contributed by atoms with Crippen LogP contribution in [0.25, 0.3) is 0 Å². The molecule has 0 aromatic heterocycles. The zero-order valence-electron chi connectivity index (χ0n) is 16.8. The van der Waals surface area contributed by atoms with Gasteiger partial charge in [-0.05, 0) is 48.2 Å². The SMILES string of the molecule is Cc1cc(C2=NOC(c3cc(Cl)cc(Cl)c3)(C(F)(F)F)C2)ccc1C(=O)CC1CSSC1. The number of nitrogens with zero attached hydrogens (tertiary/aromatic N) is 1. The second-order valence-corrected chi connectivity index (χ2v) is 11.3. The summed E-state index contributed by atoms with van der Waals surface area (Å²) in [6.07, 6.45) is -4.82. The molecule has 0 radical (unpaired) electrons. The van der Waals surface area contributed by atoms with Gasteiger partial charge in [-0.25, -0.2) is 0 Å². The number of alkyl halides is 3. The first kappa shape index (κ1) is 23.8. The molecule has 2 aromatic carbocycles. The Balaban J connectivity index is 1.59. The summed E-state index contributed by atoms with van der Waals surface area (Å²) in [5.41, 5.74) is -0.994. The smallest absolute Gasteiger partial charge is 0.374 e. The van der Waals surface area contributed by atoms with Gasteiger partial charge in [0.25, 0.3) is 5.60 Å². The fraction of sp³-hybridized carbons (Fsp3) is 0.364. The van der Waals surface area contributed by atoms with Crippen LogP contribution in [0.5, 0.6) is 0 Å². The minimum atomic E-state index is -4.76. The van der Waals surface area contributed by atoms with Crippen LogP contribution in [0.2, 0.25) is 10.0 Å². The van der Waals surface area contributed by atoms with E-state index in [9.17, 15) is 18.0 Å². The zero-order chi connectivity index (χ0) is 23.1. The highest BCUT2D eigenvalue weighted by atomic mass is 35.5. The average Bonchev–Trinajstić information content (AvgIpc) is 3.37. The Morgan fingerprint density at radius 2 is 1.81 bits per heavy atom. The predicted octanol–water partition coefficient (Wildman–Crippen LogP) is 7.47. The van der Waals surface area contributed by atoms with E-state index in [-0.39, 0.29) is 27.1 Å². The van der Waals surface area contributed by atoms with Gasteiger partial charge in [-0.1, -0.05) is 62.1 Å². The lowest BCUT2D eigenvalue weighted by Crippen LogP contribution is -2.42. The Morgan fingerprint density at radius 1 is 1.16 bits per heavy atom. The topological polar surface area (TPSA) is 38.7 Å². The van der Waals surface area contributed by atoms with Crippen LogP contribution in [0.4, 0.5) is 13.2 Å². The molecule has 0 spiro atoms. The molecule has 32 heavy (non-hydrogen) atoms. The molecule has 2 aliphatic heterocycles. The lowest BCUT2D eigenvalue weighted by molar-refractivity contribution is -0.275. The third-order valence-electron chi connectivity index (χ3n) is 5.54. The molecule has 1 atom stereocenters. The number of halogens is 5. The van der Waals surface area contributed by atoms with Crippen molar-refractivity contribution >= 4 is 56.3 Å². The highest BCUT2D eigenvalue weighted by Crippen LogP contribution is 2.49. The van der Waals surface area contributed by atoms with Crippen molar-refractivity contribution in [3.05, 3.63) is 68.7 Å². The van der Waals surface area contributed by atoms with E-state index in [0.29, 0.717) is 29.0 Å². The Labute approximate surface area is 201 Å². The number of benzene rings is 2. The number of carbonyl (C=O) groups is 1. The van der Waals surface area contributed by atoms with Crippen molar-refractivity contribution in [1.82, 2.24) is 0 Å². The maximum Gasteiger partial charge on any atom is 0.435 e.